The Labute approximate surface area is 185 Å². The van der Waals surface area contributed by atoms with E-state index < -0.39 is 6.04 Å². The van der Waals surface area contributed by atoms with Gasteiger partial charge in [0.1, 0.15) is 6.04 Å². The number of aliphatic hydroxyl groups is 1. The molecule has 0 aliphatic heterocycles. The smallest absolute Gasteiger partial charge is 0.244 e. The lowest BCUT2D eigenvalue weighted by molar-refractivity contribution is -0.122. The Hall–Kier alpha value is -3.22. The van der Waals surface area contributed by atoms with Crippen molar-refractivity contribution in [3.05, 3.63) is 83.7 Å². The number of nitrogens with one attached hydrogen (secondary N) is 2. The first-order valence-electron chi connectivity index (χ1n) is 10.4. The van der Waals surface area contributed by atoms with Gasteiger partial charge in [-0.2, -0.15) is 0 Å². The molecule has 1 aromatic heterocycles. The topological polar surface area (TPSA) is 74.2 Å². The molecule has 4 aromatic rings. The fourth-order valence-electron chi connectivity index (χ4n) is 3.53. The molecule has 0 saturated heterocycles. The van der Waals surface area contributed by atoms with Crippen LogP contribution in [0.5, 0.6) is 0 Å². The highest BCUT2D eigenvalue weighted by atomic mass is 32.1. The summed E-state index contributed by atoms with van der Waals surface area (Å²) < 4.78 is 0. The summed E-state index contributed by atoms with van der Waals surface area (Å²) >= 11 is 1.43. The van der Waals surface area contributed by atoms with E-state index in [1.807, 2.05) is 47.8 Å². The zero-order valence-corrected chi connectivity index (χ0v) is 17.9. The zero-order chi connectivity index (χ0) is 21.5. The Kier molecular flexibility index (Phi) is 6.92. The van der Waals surface area contributed by atoms with Crippen LogP contribution in [0.3, 0.4) is 0 Å². The van der Waals surface area contributed by atoms with Gasteiger partial charge < -0.3 is 15.7 Å². The minimum atomic E-state index is -0.733. The van der Waals surface area contributed by atoms with Crippen molar-refractivity contribution >= 4 is 33.1 Å². The molecule has 0 aliphatic carbocycles. The van der Waals surface area contributed by atoms with Crippen LogP contribution in [-0.2, 0) is 11.2 Å². The van der Waals surface area contributed by atoms with Crippen molar-refractivity contribution in [3.8, 4) is 11.3 Å². The molecule has 158 valence electrons. The molecule has 0 bridgehead atoms. The number of carbonyl (C=O) groups is 1. The second-order valence-electron chi connectivity index (χ2n) is 7.32. The summed E-state index contributed by atoms with van der Waals surface area (Å²) in [6.45, 7) is 0.263. The van der Waals surface area contributed by atoms with Gasteiger partial charge in [0.05, 0.1) is 12.3 Å². The predicted molar refractivity (Wildman–Crippen MR) is 127 cm³/mol. The van der Waals surface area contributed by atoms with Crippen molar-refractivity contribution in [3.63, 3.8) is 0 Å². The first-order chi connectivity index (χ1) is 15.2. The van der Waals surface area contributed by atoms with E-state index in [-0.39, 0.29) is 12.5 Å². The van der Waals surface area contributed by atoms with Crippen molar-refractivity contribution < 1.29 is 9.90 Å². The maximum absolute atomic E-state index is 12.5. The number of anilines is 1. The number of benzene rings is 3. The summed E-state index contributed by atoms with van der Waals surface area (Å²) in [4.78, 5) is 17.1. The number of nitrogens with zero attached hydrogens (tertiary/aromatic N) is 1. The molecule has 0 fully saturated rings. The molecule has 6 heteroatoms. The third kappa shape index (κ3) is 5.29. The van der Waals surface area contributed by atoms with Gasteiger partial charge in [-0.05, 0) is 29.2 Å². The van der Waals surface area contributed by atoms with Gasteiger partial charge in [-0.1, -0.05) is 72.8 Å². The summed E-state index contributed by atoms with van der Waals surface area (Å²) in [6, 6.07) is 23.8. The number of hydrogen-bond donors (Lipinski definition) is 3. The lowest BCUT2D eigenvalue weighted by Crippen LogP contribution is -2.42. The highest BCUT2D eigenvalue weighted by Gasteiger charge is 2.18. The van der Waals surface area contributed by atoms with Crippen LogP contribution in [0.15, 0.2) is 78.2 Å². The number of fused-ring (bicyclic) bond motifs is 1. The molecule has 1 amide bonds. The van der Waals surface area contributed by atoms with E-state index in [0.717, 1.165) is 34.9 Å². The number of thiazole rings is 1. The summed E-state index contributed by atoms with van der Waals surface area (Å²) in [5.74, 6) is -0.225. The Balaban J connectivity index is 1.35. The van der Waals surface area contributed by atoms with Crippen LogP contribution >= 0.6 is 11.3 Å². The third-order valence-electron chi connectivity index (χ3n) is 5.15. The molecular formula is C25H25N3O2S. The maximum Gasteiger partial charge on any atom is 0.244 e. The van der Waals surface area contributed by atoms with Gasteiger partial charge in [0, 0.05) is 17.5 Å². The van der Waals surface area contributed by atoms with Crippen molar-refractivity contribution in [2.45, 2.75) is 18.9 Å². The molecule has 0 saturated carbocycles. The van der Waals surface area contributed by atoms with E-state index in [9.17, 15) is 9.90 Å². The number of hydrogen-bond acceptors (Lipinski definition) is 5. The third-order valence-corrected chi connectivity index (χ3v) is 5.92. The molecule has 5 nitrogen and oxygen atoms in total. The van der Waals surface area contributed by atoms with Crippen molar-refractivity contribution in [1.29, 1.82) is 0 Å². The minimum Gasteiger partial charge on any atom is -0.394 e. The number of aliphatic hydroxyl groups excluding tert-OH is 1. The van der Waals surface area contributed by atoms with Crippen molar-refractivity contribution in [2.24, 2.45) is 0 Å². The van der Waals surface area contributed by atoms with Gasteiger partial charge in [0.25, 0.3) is 0 Å². The van der Waals surface area contributed by atoms with Gasteiger partial charge >= 0.3 is 0 Å². The molecule has 3 N–H and O–H groups in total. The highest BCUT2D eigenvalue weighted by Crippen LogP contribution is 2.31. The van der Waals surface area contributed by atoms with Crippen molar-refractivity contribution in [2.75, 3.05) is 18.5 Å². The van der Waals surface area contributed by atoms with E-state index in [4.69, 9.17) is 0 Å². The number of aromatic nitrogens is 1. The van der Waals surface area contributed by atoms with Gasteiger partial charge in [0.2, 0.25) is 5.91 Å². The minimum absolute atomic E-state index is 0.225. The molecule has 0 aliphatic rings. The highest BCUT2D eigenvalue weighted by molar-refractivity contribution is 7.14. The normalized spacial score (nSPS) is 11.9. The first-order valence-corrected chi connectivity index (χ1v) is 11.3. The molecule has 0 spiro atoms. The lowest BCUT2D eigenvalue weighted by atomic mass is 10.0. The molecule has 4 rings (SSSR count). The molecule has 1 atom stereocenters. The van der Waals surface area contributed by atoms with E-state index >= 15 is 0 Å². The van der Waals surface area contributed by atoms with E-state index in [0.29, 0.717) is 11.7 Å². The standard InChI is InChI=1S/C25H25N3O2S/c29-16-22(24(30)26-15-7-10-18-8-2-1-3-9-18)27-25-28-23(17-31-25)21-14-6-12-19-11-4-5-13-20(19)21/h1-6,8-9,11-14,17,22,29H,7,10,15-16H2,(H,26,30)(H,27,28)/t22-/m0/s1. The monoisotopic (exact) mass is 431 g/mol. The van der Waals surface area contributed by atoms with Crippen LogP contribution in [0.4, 0.5) is 5.13 Å². The Morgan fingerprint density at radius 1 is 1.00 bits per heavy atom. The Morgan fingerprint density at radius 2 is 1.77 bits per heavy atom. The zero-order valence-electron chi connectivity index (χ0n) is 17.1. The second kappa shape index (κ2) is 10.2. The van der Waals surface area contributed by atoms with Gasteiger partial charge in [-0.25, -0.2) is 4.98 Å². The number of amides is 1. The molecule has 0 radical (unpaired) electrons. The number of carbonyl (C=O) groups excluding carboxylic acids is 1. The Morgan fingerprint density at radius 3 is 2.61 bits per heavy atom. The fourth-order valence-corrected chi connectivity index (χ4v) is 4.29. The number of rotatable bonds is 9. The Bertz CT molecular complexity index is 1140. The summed E-state index contributed by atoms with van der Waals surface area (Å²) in [7, 11) is 0. The van der Waals surface area contributed by atoms with Crippen LogP contribution < -0.4 is 10.6 Å². The van der Waals surface area contributed by atoms with Crippen LogP contribution in [0.25, 0.3) is 22.0 Å². The fraction of sp³-hybridized carbons (Fsp3) is 0.200. The maximum atomic E-state index is 12.5. The van der Waals surface area contributed by atoms with E-state index in [1.165, 1.54) is 16.9 Å². The number of aryl methyl sites for hydroxylation is 1. The average Bonchev–Trinajstić information content (AvgIpc) is 3.29. The molecular weight excluding hydrogens is 406 g/mol. The van der Waals surface area contributed by atoms with E-state index in [1.54, 1.807) is 0 Å². The summed E-state index contributed by atoms with van der Waals surface area (Å²) in [5.41, 5.74) is 3.15. The van der Waals surface area contributed by atoms with E-state index in [2.05, 4.69) is 45.9 Å². The average molecular weight is 432 g/mol. The SMILES string of the molecule is O=C(NCCCc1ccccc1)[C@H](CO)Nc1nc(-c2cccc3ccccc23)cs1. The van der Waals surface area contributed by atoms with Crippen LogP contribution in [-0.4, -0.2) is 35.2 Å². The van der Waals surface area contributed by atoms with Crippen LogP contribution in [0, 0.1) is 0 Å². The largest absolute Gasteiger partial charge is 0.394 e. The van der Waals surface area contributed by atoms with Crippen molar-refractivity contribution in [1.82, 2.24) is 10.3 Å². The van der Waals surface area contributed by atoms with Gasteiger partial charge in [0.15, 0.2) is 5.13 Å². The first kappa shape index (κ1) is 21.0. The van der Waals surface area contributed by atoms with Crippen LogP contribution in [0.2, 0.25) is 0 Å². The molecule has 1 heterocycles. The van der Waals surface area contributed by atoms with Gasteiger partial charge in [-0.3, -0.25) is 4.79 Å². The van der Waals surface area contributed by atoms with Crippen LogP contribution in [0.1, 0.15) is 12.0 Å². The quantitative estimate of drug-likeness (QED) is 0.342. The molecule has 31 heavy (non-hydrogen) atoms. The lowest BCUT2D eigenvalue weighted by Gasteiger charge is -2.15. The molecule has 0 unspecified atom stereocenters. The molecule has 3 aromatic carbocycles. The summed E-state index contributed by atoms with van der Waals surface area (Å²) in [5, 5.41) is 20.6. The summed E-state index contributed by atoms with van der Waals surface area (Å²) in [6.07, 6.45) is 1.75. The second-order valence-corrected chi connectivity index (χ2v) is 8.18. The predicted octanol–water partition coefficient (Wildman–Crippen LogP) is 4.49. The van der Waals surface area contributed by atoms with Gasteiger partial charge in [-0.15, -0.1) is 11.3 Å².